The van der Waals surface area contributed by atoms with E-state index in [1.807, 2.05) is 13.0 Å². The minimum atomic E-state index is -0.394. The van der Waals surface area contributed by atoms with Crippen molar-refractivity contribution in [3.8, 4) is 0 Å². The van der Waals surface area contributed by atoms with Crippen molar-refractivity contribution in [3.05, 3.63) is 39.4 Å². The van der Waals surface area contributed by atoms with E-state index in [1.54, 1.807) is 13.0 Å². The normalized spacial score (nSPS) is 22.3. The van der Waals surface area contributed by atoms with Gasteiger partial charge in [0, 0.05) is 17.5 Å². The summed E-state index contributed by atoms with van der Waals surface area (Å²) >= 11 is 0. The SMILES string of the molecule is Cc1ccc(C(C)NC(=O)[C@@H]2CCC[C@@H]2CN)cc1[N+](=O)[O-]. The van der Waals surface area contributed by atoms with Crippen molar-refractivity contribution < 1.29 is 9.72 Å². The highest BCUT2D eigenvalue weighted by atomic mass is 16.6. The largest absolute Gasteiger partial charge is 0.349 e. The maximum Gasteiger partial charge on any atom is 0.272 e. The molecule has 6 heteroatoms. The Hall–Kier alpha value is -1.95. The van der Waals surface area contributed by atoms with E-state index in [-0.39, 0.29) is 29.5 Å². The molecule has 0 aromatic heterocycles. The average molecular weight is 305 g/mol. The van der Waals surface area contributed by atoms with Gasteiger partial charge in [-0.15, -0.1) is 0 Å². The van der Waals surface area contributed by atoms with E-state index >= 15 is 0 Å². The van der Waals surface area contributed by atoms with Gasteiger partial charge in [0.25, 0.3) is 5.69 Å². The number of nitro benzene ring substituents is 1. The lowest BCUT2D eigenvalue weighted by Crippen LogP contribution is -2.36. The van der Waals surface area contributed by atoms with Gasteiger partial charge in [-0.1, -0.05) is 18.6 Å². The molecule has 1 fully saturated rings. The lowest BCUT2D eigenvalue weighted by molar-refractivity contribution is -0.385. The topological polar surface area (TPSA) is 98.3 Å². The van der Waals surface area contributed by atoms with Gasteiger partial charge in [-0.25, -0.2) is 0 Å². The van der Waals surface area contributed by atoms with E-state index in [0.29, 0.717) is 12.1 Å². The molecule has 1 aromatic carbocycles. The Morgan fingerprint density at radius 3 is 2.86 bits per heavy atom. The summed E-state index contributed by atoms with van der Waals surface area (Å²) in [6.07, 6.45) is 2.90. The molecule has 0 spiro atoms. The van der Waals surface area contributed by atoms with Gasteiger partial charge in [0.05, 0.1) is 11.0 Å². The van der Waals surface area contributed by atoms with Crippen molar-refractivity contribution >= 4 is 11.6 Å². The molecule has 1 amide bonds. The monoisotopic (exact) mass is 305 g/mol. The first-order chi connectivity index (χ1) is 10.4. The predicted octanol–water partition coefficient (Wildman–Crippen LogP) is 2.46. The number of nitrogens with zero attached hydrogens (tertiary/aromatic N) is 1. The number of nitrogens with one attached hydrogen (secondary N) is 1. The van der Waals surface area contributed by atoms with Crippen LogP contribution in [0, 0.1) is 28.9 Å². The molecular weight excluding hydrogens is 282 g/mol. The number of carbonyl (C=O) groups excluding carboxylic acids is 1. The quantitative estimate of drug-likeness (QED) is 0.645. The zero-order valence-electron chi connectivity index (χ0n) is 13.0. The van der Waals surface area contributed by atoms with E-state index < -0.39 is 4.92 Å². The number of carbonyl (C=O) groups is 1. The molecule has 3 N–H and O–H groups in total. The third-order valence-corrected chi connectivity index (χ3v) is 4.59. The van der Waals surface area contributed by atoms with Gasteiger partial charge in [-0.2, -0.15) is 0 Å². The van der Waals surface area contributed by atoms with E-state index in [4.69, 9.17) is 5.73 Å². The van der Waals surface area contributed by atoms with Crippen LogP contribution in [-0.2, 0) is 4.79 Å². The summed E-state index contributed by atoms with van der Waals surface area (Å²) in [4.78, 5) is 23.0. The van der Waals surface area contributed by atoms with Crippen LogP contribution in [0.15, 0.2) is 18.2 Å². The molecule has 1 saturated carbocycles. The summed E-state index contributed by atoms with van der Waals surface area (Å²) in [5.74, 6) is 0.219. The molecular formula is C16H23N3O3. The van der Waals surface area contributed by atoms with Crippen LogP contribution in [0.2, 0.25) is 0 Å². The highest BCUT2D eigenvalue weighted by Gasteiger charge is 2.32. The average Bonchev–Trinajstić information content (AvgIpc) is 2.95. The van der Waals surface area contributed by atoms with Crippen molar-refractivity contribution in [2.45, 2.75) is 39.2 Å². The molecule has 22 heavy (non-hydrogen) atoms. The van der Waals surface area contributed by atoms with Gasteiger partial charge >= 0.3 is 0 Å². The Labute approximate surface area is 130 Å². The Morgan fingerprint density at radius 1 is 1.50 bits per heavy atom. The van der Waals surface area contributed by atoms with Crippen molar-refractivity contribution in [2.24, 2.45) is 17.6 Å². The molecule has 1 aromatic rings. The minimum absolute atomic E-state index is 0.00341. The molecule has 2 rings (SSSR count). The van der Waals surface area contributed by atoms with Gasteiger partial charge < -0.3 is 11.1 Å². The van der Waals surface area contributed by atoms with Crippen molar-refractivity contribution in [1.29, 1.82) is 0 Å². The molecule has 0 aliphatic heterocycles. The summed E-state index contributed by atoms with van der Waals surface area (Å²) in [6.45, 7) is 4.08. The number of rotatable bonds is 5. The third kappa shape index (κ3) is 3.44. The van der Waals surface area contributed by atoms with Crippen LogP contribution in [0.4, 0.5) is 5.69 Å². The number of aryl methyl sites for hydroxylation is 1. The fraction of sp³-hybridized carbons (Fsp3) is 0.562. The maximum absolute atomic E-state index is 12.4. The third-order valence-electron chi connectivity index (χ3n) is 4.59. The van der Waals surface area contributed by atoms with Gasteiger partial charge in [0.2, 0.25) is 5.91 Å². The second-order valence-electron chi connectivity index (χ2n) is 6.07. The maximum atomic E-state index is 12.4. The van der Waals surface area contributed by atoms with Gasteiger partial charge in [-0.05, 0) is 44.7 Å². The van der Waals surface area contributed by atoms with Crippen LogP contribution in [0.25, 0.3) is 0 Å². The van der Waals surface area contributed by atoms with Gasteiger partial charge in [0.15, 0.2) is 0 Å². The summed E-state index contributed by atoms with van der Waals surface area (Å²) in [5.41, 5.74) is 7.16. The summed E-state index contributed by atoms with van der Waals surface area (Å²) in [6, 6.07) is 4.82. The summed E-state index contributed by atoms with van der Waals surface area (Å²) < 4.78 is 0. The smallest absolute Gasteiger partial charge is 0.272 e. The standard InChI is InChI=1S/C16H23N3O3/c1-10-6-7-12(8-15(10)19(21)22)11(2)18-16(20)14-5-3-4-13(14)9-17/h6-8,11,13-14H,3-5,9,17H2,1-2H3,(H,18,20)/t11?,13-,14-/m1/s1. The molecule has 120 valence electrons. The first-order valence-electron chi connectivity index (χ1n) is 7.69. The molecule has 0 saturated heterocycles. The second-order valence-corrected chi connectivity index (χ2v) is 6.07. The summed E-state index contributed by atoms with van der Waals surface area (Å²) in [7, 11) is 0. The molecule has 1 unspecified atom stereocenters. The molecule has 6 nitrogen and oxygen atoms in total. The van der Waals surface area contributed by atoms with Crippen molar-refractivity contribution in [2.75, 3.05) is 6.54 Å². The van der Waals surface area contributed by atoms with Crippen LogP contribution in [0.5, 0.6) is 0 Å². The fourth-order valence-electron chi connectivity index (χ4n) is 3.16. The van der Waals surface area contributed by atoms with Crippen LogP contribution in [0.3, 0.4) is 0 Å². The highest BCUT2D eigenvalue weighted by Crippen LogP contribution is 2.32. The lowest BCUT2D eigenvalue weighted by Gasteiger charge is -2.21. The minimum Gasteiger partial charge on any atom is -0.349 e. The lowest BCUT2D eigenvalue weighted by atomic mass is 9.94. The number of hydrogen-bond acceptors (Lipinski definition) is 4. The first kappa shape index (κ1) is 16.4. The zero-order chi connectivity index (χ0) is 16.3. The Balaban J connectivity index is 2.09. The Kier molecular flexibility index (Phi) is 5.13. The number of amides is 1. The highest BCUT2D eigenvalue weighted by molar-refractivity contribution is 5.79. The number of hydrogen-bond donors (Lipinski definition) is 2. The molecule has 1 aliphatic rings. The Morgan fingerprint density at radius 2 is 2.23 bits per heavy atom. The molecule has 3 atom stereocenters. The van der Waals surface area contributed by atoms with Crippen molar-refractivity contribution in [1.82, 2.24) is 5.32 Å². The van der Waals surface area contributed by atoms with E-state index in [2.05, 4.69) is 5.32 Å². The predicted molar refractivity (Wildman–Crippen MR) is 84.3 cm³/mol. The number of nitro groups is 1. The molecule has 0 bridgehead atoms. The van der Waals surface area contributed by atoms with Gasteiger partial charge in [0.1, 0.15) is 0 Å². The van der Waals surface area contributed by atoms with E-state index in [0.717, 1.165) is 24.8 Å². The van der Waals surface area contributed by atoms with E-state index in [1.165, 1.54) is 6.07 Å². The second kappa shape index (κ2) is 6.87. The van der Waals surface area contributed by atoms with Crippen LogP contribution < -0.4 is 11.1 Å². The molecule has 1 aliphatic carbocycles. The van der Waals surface area contributed by atoms with E-state index in [9.17, 15) is 14.9 Å². The molecule has 0 radical (unpaired) electrons. The molecule has 0 heterocycles. The van der Waals surface area contributed by atoms with Crippen LogP contribution in [-0.4, -0.2) is 17.4 Å². The first-order valence-corrected chi connectivity index (χ1v) is 7.69. The Bertz CT molecular complexity index is 574. The number of benzene rings is 1. The van der Waals surface area contributed by atoms with Crippen molar-refractivity contribution in [3.63, 3.8) is 0 Å². The van der Waals surface area contributed by atoms with Crippen LogP contribution in [0.1, 0.15) is 43.4 Å². The zero-order valence-corrected chi connectivity index (χ0v) is 13.0. The summed E-state index contributed by atoms with van der Waals surface area (Å²) in [5, 5.41) is 14.0. The fourth-order valence-corrected chi connectivity index (χ4v) is 3.16. The number of nitrogens with two attached hydrogens (primary N) is 1. The van der Waals surface area contributed by atoms with Gasteiger partial charge in [-0.3, -0.25) is 14.9 Å². The van der Waals surface area contributed by atoms with Crippen LogP contribution >= 0.6 is 0 Å².